The molecule has 0 aliphatic rings. The number of likely N-dealkylation sites (N-methyl/N-ethyl adjacent to an activating group) is 1. The van der Waals surface area contributed by atoms with E-state index in [-0.39, 0.29) is 12.5 Å². The fourth-order valence-electron chi connectivity index (χ4n) is 3.58. The van der Waals surface area contributed by atoms with Crippen LogP contribution in [-0.2, 0) is 26.2 Å². The maximum atomic E-state index is 13.5. The molecule has 2 aromatic carbocycles. The third-order valence-corrected chi connectivity index (χ3v) is 6.73. The van der Waals surface area contributed by atoms with E-state index in [1.165, 1.54) is 11.9 Å². The first kappa shape index (κ1) is 25.7. The number of halogens is 1. The second kappa shape index (κ2) is 10.8. The van der Waals surface area contributed by atoms with Crippen molar-refractivity contribution >= 4 is 39.1 Å². The number of carbonyl (C=O) groups excluding carboxylic acids is 2. The molecule has 32 heavy (non-hydrogen) atoms. The average molecular weight is 480 g/mol. The third-order valence-electron chi connectivity index (χ3n) is 5.23. The summed E-state index contributed by atoms with van der Waals surface area (Å²) in [5.74, 6) is -0.823. The summed E-state index contributed by atoms with van der Waals surface area (Å²) in [6, 6.07) is 11.6. The Labute approximate surface area is 195 Å². The lowest BCUT2D eigenvalue weighted by Crippen LogP contribution is -2.51. The van der Waals surface area contributed by atoms with Crippen LogP contribution in [0.1, 0.15) is 30.0 Å². The molecule has 0 radical (unpaired) electrons. The van der Waals surface area contributed by atoms with Gasteiger partial charge in [0.1, 0.15) is 12.6 Å². The smallest absolute Gasteiger partial charge is 0.244 e. The molecule has 1 N–H and O–H groups in total. The molecule has 0 saturated carbocycles. The van der Waals surface area contributed by atoms with Crippen LogP contribution >= 0.6 is 11.6 Å². The molecule has 0 aromatic heterocycles. The van der Waals surface area contributed by atoms with Gasteiger partial charge in [0.15, 0.2) is 0 Å². The zero-order valence-electron chi connectivity index (χ0n) is 19.1. The van der Waals surface area contributed by atoms with Crippen LogP contribution in [0.2, 0.25) is 5.02 Å². The Bertz CT molecular complexity index is 1090. The lowest BCUT2D eigenvalue weighted by atomic mass is 10.1. The van der Waals surface area contributed by atoms with Gasteiger partial charge in [-0.15, -0.1) is 0 Å². The SMILES string of the molecule is CCC(C(=O)NC)N(Cc1ccccc1Cl)C(=O)CN(c1ccc(C)cc1C)S(C)(=O)=O. The van der Waals surface area contributed by atoms with Crippen molar-refractivity contribution in [2.75, 3.05) is 24.2 Å². The Morgan fingerprint density at radius 1 is 1.12 bits per heavy atom. The van der Waals surface area contributed by atoms with Gasteiger partial charge in [-0.3, -0.25) is 13.9 Å². The van der Waals surface area contributed by atoms with Crippen LogP contribution in [0.4, 0.5) is 5.69 Å². The van der Waals surface area contributed by atoms with E-state index in [1.807, 2.05) is 13.0 Å². The van der Waals surface area contributed by atoms with Crippen LogP contribution in [0.25, 0.3) is 0 Å². The first-order valence-corrected chi connectivity index (χ1v) is 12.5. The lowest BCUT2D eigenvalue weighted by Gasteiger charge is -2.33. The molecule has 0 spiro atoms. The van der Waals surface area contributed by atoms with Gasteiger partial charge in [0.25, 0.3) is 0 Å². The summed E-state index contributed by atoms with van der Waals surface area (Å²) in [7, 11) is -2.26. The van der Waals surface area contributed by atoms with Gasteiger partial charge in [-0.25, -0.2) is 8.42 Å². The minimum Gasteiger partial charge on any atom is -0.357 e. The van der Waals surface area contributed by atoms with Gasteiger partial charge in [-0.1, -0.05) is 54.4 Å². The Kier molecular flexibility index (Phi) is 8.69. The van der Waals surface area contributed by atoms with Gasteiger partial charge in [0.2, 0.25) is 21.8 Å². The molecule has 0 heterocycles. The summed E-state index contributed by atoms with van der Waals surface area (Å²) in [5, 5.41) is 3.05. The van der Waals surface area contributed by atoms with Gasteiger partial charge >= 0.3 is 0 Å². The van der Waals surface area contributed by atoms with E-state index in [4.69, 9.17) is 11.6 Å². The number of nitrogens with zero attached hydrogens (tertiary/aromatic N) is 2. The Balaban J connectivity index is 2.48. The number of anilines is 1. The van der Waals surface area contributed by atoms with Crippen LogP contribution in [0, 0.1) is 13.8 Å². The maximum Gasteiger partial charge on any atom is 0.244 e. The van der Waals surface area contributed by atoms with Crippen LogP contribution in [-0.4, -0.2) is 51.0 Å². The van der Waals surface area contributed by atoms with Crippen molar-refractivity contribution in [1.29, 1.82) is 0 Å². The molecule has 9 heteroatoms. The number of hydrogen-bond acceptors (Lipinski definition) is 4. The number of benzene rings is 2. The monoisotopic (exact) mass is 479 g/mol. The van der Waals surface area contributed by atoms with Crippen molar-refractivity contribution in [3.63, 3.8) is 0 Å². The fraction of sp³-hybridized carbons (Fsp3) is 0.391. The second-order valence-corrected chi connectivity index (χ2v) is 10.0. The molecule has 7 nitrogen and oxygen atoms in total. The molecule has 2 rings (SSSR count). The topological polar surface area (TPSA) is 86.8 Å². The van der Waals surface area contributed by atoms with Crippen molar-refractivity contribution in [2.45, 2.75) is 39.8 Å². The summed E-state index contributed by atoms with van der Waals surface area (Å²) in [6.07, 6.45) is 1.42. The highest BCUT2D eigenvalue weighted by Gasteiger charge is 2.32. The maximum absolute atomic E-state index is 13.5. The van der Waals surface area contributed by atoms with E-state index in [0.717, 1.165) is 21.7 Å². The highest BCUT2D eigenvalue weighted by molar-refractivity contribution is 7.92. The predicted molar refractivity (Wildman–Crippen MR) is 128 cm³/mol. The van der Waals surface area contributed by atoms with E-state index in [1.54, 1.807) is 50.2 Å². The first-order chi connectivity index (χ1) is 15.0. The van der Waals surface area contributed by atoms with E-state index in [0.29, 0.717) is 22.7 Å². The summed E-state index contributed by atoms with van der Waals surface area (Å²) >= 11 is 6.30. The minimum atomic E-state index is -3.76. The van der Waals surface area contributed by atoms with Crippen LogP contribution in [0.15, 0.2) is 42.5 Å². The third kappa shape index (κ3) is 6.23. The number of nitrogens with one attached hydrogen (secondary N) is 1. The highest BCUT2D eigenvalue weighted by Crippen LogP contribution is 2.25. The molecule has 0 bridgehead atoms. The van der Waals surface area contributed by atoms with Crippen molar-refractivity contribution in [3.05, 3.63) is 64.2 Å². The molecule has 1 atom stereocenters. The summed E-state index contributed by atoms with van der Waals surface area (Å²) in [6.45, 7) is 5.15. The molecule has 0 saturated heterocycles. The first-order valence-electron chi connectivity index (χ1n) is 10.3. The predicted octanol–water partition coefficient (Wildman–Crippen LogP) is 3.28. The number of sulfonamides is 1. The molecular weight excluding hydrogens is 450 g/mol. The number of aryl methyl sites for hydroxylation is 2. The van der Waals surface area contributed by atoms with Gasteiger partial charge in [-0.2, -0.15) is 0 Å². The number of hydrogen-bond donors (Lipinski definition) is 1. The van der Waals surface area contributed by atoms with Crippen LogP contribution < -0.4 is 9.62 Å². The molecule has 0 aliphatic heterocycles. The van der Waals surface area contributed by atoms with Gasteiger partial charge in [0, 0.05) is 18.6 Å². The Morgan fingerprint density at radius 3 is 2.31 bits per heavy atom. The van der Waals surface area contributed by atoms with E-state index in [9.17, 15) is 18.0 Å². The average Bonchev–Trinajstić information content (AvgIpc) is 2.72. The Morgan fingerprint density at radius 2 is 1.78 bits per heavy atom. The lowest BCUT2D eigenvalue weighted by molar-refractivity contribution is -0.140. The van der Waals surface area contributed by atoms with Crippen LogP contribution in [0.5, 0.6) is 0 Å². The van der Waals surface area contributed by atoms with E-state index < -0.39 is 28.5 Å². The molecule has 174 valence electrons. The molecule has 1 unspecified atom stereocenters. The molecule has 2 amide bonds. The zero-order chi connectivity index (χ0) is 24.1. The Hall–Kier alpha value is -2.58. The molecule has 0 aliphatic carbocycles. The van der Waals surface area contributed by atoms with Crippen LogP contribution in [0.3, 0.4) is 0 Å². The van der Waals surface area contributed by atoms with Gasteiger partial charge in [0.05, 0.1) is 11.9 Å². The second-order valence-electron chi connectivity index (χ2n) is 7.71. The van der Waals surface area contributed by atoms with E-state index in [2.05, 4.69) is 5.32 Å². The summed E-state index contributed by atoms with van der Waals surface area (Å²) in [5.41, 5.74) is 2.82. The number of carbonyl (C=O) groups is 2. The van der Waals surface area contributed by atoms with Crippen molar-refractivity contribution in [2.24, 2.45) is 0 Å². The van der Waals surface area contributed by atoms with Crippen molar-refractivity contribution < 1.29 is 18.0 Å². The minimum absolute atomic E-state index is 0.0783. The molecular formula is C23H30ClN3O4S. The standard InChI is InChI=1S/C23H30ClN3O4S/c1-6-20(23(29)25-4)26(14-18-9-7-8-10-19(18)24)22(28)15-27(32(5,30)31)21-12-11-16(2)13-17(21)3/h7-13,20H,6,14-15H2,1-5H3,(H,25,29). The zero-order valence-corrected chi connectivity index (χ0v) is 20.6. The van der Waals surface area contributed by atoms with Gasteiger partial charge < -0.3 is 10.2 Å². The quantitative estimate of drug-likeness (QED) is 0.598. The highest BCUT2D eigenvalue weighted by atomic mass is 35.5. The summed E-state index contributed by atoms with van der Waals surface area (Å²) in [4.78, 5) is 27.4. The summed E-state index contributed by atoms with van der Waals surface area (Å²) < 4.78 is 26.3. The number of rotatable bonds is 9. The van der Waals surface area contributed by atoms with E-state index >= 15 is 0 Å². The van der Waals surface area contributed by atoms with Gasteiger partial charge in [-0.05, 0) is 43.5 Å². The normalized spacial score (nSPS) is 12.2. The largest absolute Gasteiger partial charge is 0.357 e. The van der Waals surface area contributed by atoms with Crippen molar-refractivity contribution in [1.82, 2.24) is 10.2 Å². The molecule has 0 fully saturated rings. The molecule has 2 aromatic rings. The van der Waals surface area contributed by atoms with Crippen molar-refractivity contribution in [3.8, 4) is 0 Å². The number of amides is 2. The fourth-order valence-corrected chi connectivity index (χ4v) is 4.68.